The van der Waals surface area contributed by atoms with E-state index >= 15 is 0 Å². The average Bonchev–Trinajstić information content (AvgIpc) is 2.62. The van der Waals surface area contributed by atoms with Gasteiger partial charge in [-0.25, -0.2) is 9.97 Å². The Balaban J connectivity index is 1.68. The monoisotopic (exact) mass is 317 g/mol. The summed E-state index contributed by atoms with van der Waals surface area (Å²) in [6, 6.07) is 0.530. The molecule has 1 amide bonds. The Morgan fingerprint density at radius 2 is 1.83 bits per heavy atom. The van der Waals surface area contributed by atoms with Crippen molar-refractivity contribution in [2.24, 2.45) is 0 Å². The van der Waals surface area contributed by atoms with Crippen molar-refractivity contribution in [1.82, 2.24) is 19.8 Å². The Kier molecular flexibility index (Phi) is 5.10. The first kappa shape index (κ1) is 16.2. The van der Waals surface area contributed by atoms with Crippen LogP contribution in [0.5, 0.6) is 0 Å². The second-order valence-electron chi connectivity index (χ2n) is 6.62. The van der Waals surface area contributed by atoms with Gasteiger partial charge in [-0.05, 0) is 32.7 Å². The third-order valence-corrected chi connectivity index (χ3v) is 5.03. The average molecular weight is 317 g/mol. The third kappa shape index (κ3) is 3.63. The molecule has 2 aliphatic rings. The summed E-state index contributed by atoms with van der Waals surface area (Å²) in [5.74, 6) is 0.821. The zero-order valence-corrected chi connectivity index (χ0v) is 14.2. The van der Waals surface area contributed by atoms with Crippen LogP contribution in [-0.4, -0.2) is 71.5 Å². The number of piperazine rings is 1. The zero-order valence-electron chi connectivity index (χ0n) is 14.2. The van der Waals surface area contributed by atoms with Gasteiger partial charge in [0, 0.05) is 51.2 Å². The number of carbonyl (C=O) groups excluding carboxylic acids is 1. The number of amides is 1. The van der Waals surface area contributed by atoms with Gasteiger partial charge in [0.25, 0.3) is 5.91 Å². The fraction of sp³-hybridized carbons (Fsp3) is 0.706. The van der Waals surface area contributed by atoms with E-state index in [0.717, 1.165) is 45.1 Å². The molecule has 0 saturated carbocycles. The van der Waals surface area contributed by atoms with Crippen LogP contribution in [0, 0.1) is 0 Å². The van der Waals surface area contributed by atoms with E-state index in [-0.39, 0.29) is 5.91 Å². The lowest BCUT2D eigenvalue weighted by atomic mass is 10.0. The van der Waals surface area contributed by atoms with Gasteiger partial charge in [0.05, 0.1) is 5.56 Å². The molecule has 23 heavy (non-hydrogen) atoms. The molecule has 2 fully saturated rings. The summed E-state index contributed by atoms with van der Waals surface area (Å²) >= 11 is 0. The molecular weight excluding hydrogens is 290 g/mol. The van der Waals surface area contributed by atoms with Gasteiger partial charge in [-0.1, -0.05) is 6.92 Å². The highest BCUT2D eigenvalue weighted by atomic mass is 16.2. The predicted molar refractivity (Wildman–Crippen MR) is 90.7 cm³/mol. The largest absolute Gasteiger partial charge is 0.338 e. The number of piperidine rings is 1. The third-order valence-electron chi connectivity index (χ3n) is 5.03. The summed E-state index contributed by atoms with van der Waals surface area (Å²) in [5.41, 5.74) is 0.600. The molecule has 0 N–H and O–H groups in total. The standard InChI is InChI=1S/C17H27N5O/c1-3-15-6-4-5-7-22(15)17-18-12-14(13-19-17)16(23)21-10-8-20(2)9-11-21/h12-13,15H,3-11H2,1-2H3. The van der Waals surface area contributed by atoms with Gasteiger partial charge in [0.1, 0.15) is 0 Å². The van der Waals surface area contributed by atoms with E-state index in [1.807, 2.05) is 4.90 Å². The van der Waals surface area contributed by atoms with Crippen molar-refractivity contribution < 1.29 is 4.79 Å². The highest BCUT2D eigenvalue weighted by molar-refractivity contribution is 5.93. The topological polar surface area (TPSA) is 52.6 Å². The first-order valence-electron chi connectivity index (χ1n) is 8.75. The fourth-order valence-electron chi connectivity index (χ4n) is 3.46. The van der Waals surface area contributed by atoms with E-state index in [4.69, 9.17) is 0 Å². The molecule has 0 aromatic carbocycles. The molecule has 2 saturated heterocycles. The quantitative estimate of drug-likeness (QED) is 0.848. The van der Waals surface area contributed by atoms with Crippen LogP contribution in [0.3, 0.4) is 0 Å². The highest BCUT2D eigenvalue weighted by Gasteiger charge is 2.24. The van der Waals surface area contributed by atoms with Crippen molar-refractivity contribution in [3.63, 3.8) is 0 Å². The van der Waals surface area contributed by atoms with Gasteiger partial charge in [-0.15, -0.1) is 0 Å². The summed E-state index contributed by atoms with van der Waals surface area (Å²) in [5, 5.41) is 0. The smallest absolute Gasteiger partial charge is 0.257 e. The minimum absolute atomic E-state index is 0.0512. The fourth-order valence-corrected chi connectivity index (χ4v) is 3.46. The van der Waals surface area contributed by atoms with Gasteiger partial charge < -0.3 is 14.7 Å². The van der Waals surface area contributed by atoms with Crippen LogP contribution < -0.4 is 4.90 Å². The second-order valence-corrected chi connectivity index (χ2v) is 6.62. The van der Waals surface area contributed by atoms with Crippen LogP contribution >= 0.6 is 0 Å². The maximum atomic E-state index is 12.5. The van der Waals surface area contributed by atoms with Crippen molar-refractivity contribution >= 4 is 11.9 Å². The number of hydrogen-bond acceptors (Lipinski definition) is 5. The molecule has 0 aliphatic carbocycles. The number of nitrogens with zero attached hydrogens (tertiary/aromatic N) is 5. The molecule has 6 heteroatoms. The Labute approximate surface area is 138 Å². The molecule has 6 nitrogen and oxygen atoms in total. The molecule has 1 atom stereocenters. The second kappa shape index (κ2) is 7.25. The minimum atomic E-state index is 0.0512. The highest BCUT2D eigenvalue weighted by Crippen LogP contribution is 2.23. The van der Waals surface area contributed by atoms with Crippen LogP contribution in [-0.2, 0) is 0 Å². The predicted octanol–water partition coefficient (Wildman–Crippen LogP) is 1.63. The molecule has 2 aliphatic heterocycles. The van der Waals surface area contributed by atoms with E-state index in [1.165, 1.54) is 19.3 Å². The van der Waals surface area contributed by atoms with Crippen LogP contribution in [0.25, 0.3) is 0 Å². The summed E-state index contributed by atoms with van der Waals surface area (Å²) in [6.07, 6.45) is 8.21. The van der Waals surface area contributed by atoms with E-state index in [0.29, 0.717) is 11.6 Å². The number of likely N-dealkylation sites (N-methyl/N-ethyl adjacent to an activating group) is 1. The maximum absolute atomic E-state index is 12.5. The molecule has 3 rings (SSSR count). The zero-order chi connectivity index (χ0) is 16.2. The molecule has 0 bridgehead atoms. The Hall–Kier alpha value is -1.69. The van der Waals surface area contributed by atoms with Crippen molar-refractivity contribution in [3.05, 3.63) is 18.0 Å². The van der Waals surface area contributed by atoms with Crippen molar-refractivity contribution in [2.45, 2.75) is 38.6 Å². The number of aromatic nitrogens is 2. The summed E-state index contributed by atoms with van der Waals surface area (Å²) in [6.45, 7) is 6.65. The van der Waals surface area contributed by atoms with Crippen LogP contribution in [0.4, 0.5) is 5.95 Å². The number of carbonyl (C=O) groups is 1. The number of hydrogen-bond donors (Lipinski definition) is 0. The van der Waals surface area contributed by atoms with Gasteiger partial charge >= 0.3 is 0 Å². The van der Waals surface area contributed by atoms with Gasteiger partial charge in [0.2, 0.25) is 5.95 Å². The van der Waals surface area contributed by atoms with Gasteiger partial charge in [-0.3, -0.25) is 4.79 Å². The SMILES string of the molecule is CCC1CCCCN1c1ncc(C(=O)N2CCN(C)CC2)cn1. The lowest BCUT2D eigenvalue weighted by Crippen LogP contribution is -2.47. The molecular formula is C17H27N5O. The maximum Gasteiger partial charge on any atom is 0.257 e. The number of rotatable bonds is 3. The van der Waals surface area contributed by atoms with Crippen molar-refractivity contribution in [2.75, 3.05) is 44.7 Å². The number of anilines is 1. The Morgan fingerprint density at radius 3 is 2.48 bits per heavy atom. The molecule has 0 radical (unpaired) electrons. The van der Waals surface area contributed by atoms with Gasteiger partial charge in [0.15, 0.2) is 0 Å². The van der Waals surface area contributed by atoms with E-state index < -0.39 is 0 Å². The lowest BCUT2D eigenvalue weighted by Gasteiger charge is -2.35. The normalized spacial score (nSPS) is 23.1. The van der Waals surface area contributed by atoms with Crippen LogP contribution in [0.1, 0.15) is 43.0 Å². The summed E-state index contributed by atoms with van der Waals surface area (Å²) < 4.78 is 0. The summed E-state index contributed by atoms with van der Waals surface area (Å²) in [4.78, 5) is 27.9. The molecule has 1 unspecified atom stereocenters. The molecule has 0 spiro atoms. The van der Waals surface area contributed by atoms with Gasteiger partial charge in [-0.2, -0.15) is 0 Å². The minimum Gasteiger partial charge on any atom is -0.338 e. The molecule has 126 valence electrons. The Morgan fingerprint density at radius 1 is 1.13 bits per heavy atom. The first-order chi connectivity index (χ1) is 11.2. The van der Waals surface area contributed by atoms with Crippen LogP contribution in [0.15, 0.2) is 12.4 Å². The first-order valence-corrected chi connectivity index (χ1v) is 8.75. The Bertz CT molecular complexity index is 524. The molecule has 1 aromatic heterocycles. The van der Waals surface area contributed by atoms with Crippen molar-refractivity contribution in [1.29, 1.82) is 0 Å². The van der Waals surface area contributed by atoms with E-state index in [2.05, 4.69) is 33.7 Å². The molecule has 1 aromatic rings. The summed E-state index contributed by atoms with van der Waals surface area (Å²) in [7, 11) is 2.09. The molecule has 3 heterocycles. The van der Waals surface area contributed by atoms with Crippen LogP contribution in [0.2, 0.25) is 0 Å². The van der Waals surface area contributed by atoms with E-state index in [1.54, 1.807) is 12.4 Å². The van der Waals surface area contributed by atoms with E-state index in [9.17, 15) is 4.79 Å². The lowest BCUT2D eigenvalue weighted by molar-refractivity contribution is 0.0663. The van der Waals surface area contributed by atoms with Crippen molar-refractivity contribution in [3.8, 4) is 0 Å².